The zero-order chi connectivity index (χ0) is 16.5. The quantitative estimate of drug-likeness (QED) is 0.789. The number of nitrogen functional groups attached to an aromatic ring is 1. The van der Waals surface area contributed by atoms with E-state index < -0.39 is 29.7 Å². The van der Waals surface area contributed by atoms with Crippen LogP contribution in [-0.2, 0) is 19.9 Å². The second-order valence-electron chi connectivity index (χ2n) is 4.40. The Hall–Kier alpha value is -2.10. The van der Waals surface area contributed by atoms with Crippen molar-refractivity contribution < 1.29 is 21.6 Å². The van der Waals surface area contributed by atoms with Crippen LogP contribution in [0.15, 0.2) is 57.2 Å². The van der Waals surface area contributed by atoms with Crippen LogP contribution in [0, 0.1) is 0 Å². The Bertz CT molecular complexity index is 921. The fraction of sp³-hybridized carbons (Fsp3) is 0.0769. The molecular formula is C13H14N2O5S2. The molecule has 0 radical (unpaired) electrons. The topological polar surface area (TPSA) is 130 Å². The molecule has 2 aromatic rings. The summed E-state index contributed by atoms with van der Waals surface area (Å²) in [6.07, 6.45) is 0. The van der Waals surface area contributed by atoms with Crippen molar-refractivity contribution in [3.63, 3.8) is 0 Å². The Kier molecular flexibility index (Phi) is 4.14. The number of hydrogen-bond acceptors (Lipinski definition) is 6. The molecule has 9 heteroatoms. The second kappa shape index (κ2) is 5.59. The van der Waals surface area contributed by atoms with E-state index in [4.69, 9.17) is 15.6 Å². The lowest BCUT2D eigenvalue weighted by atomic mass is 10.3. The number of rotatable bonds is 4. The minimum atomic E-state index is -4.18. The predicted molar refractivity (Wildman–Crippen MR) is 80.7 cm³/mol. The number of hydrogen-bond donors (Lipinski definition) is 2. The molecule has 0 aromatic heterocycles. The van der Waals surface area contributed by atoms with Gasteiger partial charge in [-0.2, -0.15) is 0 Å². The van der Waals surface area contributed by atoms with Gasteiger partial charge in [0.05, 0.1) is 22.6 Å². The molecule has 0 fully saturated rings. The summed E-state index contributed by atoms with van der Waals surface area (Å²) in [5.74, 6) is 0.318. The molecule has 0 aliphatic carbocycles. The summed E-state index contributed by atoms with van der Waals surface area (Å²) in [5.41, 5.74) is 5.82. The standard InChI is InChI=1S/C13H14N2O5S2/c1-20-11-7-6-9(8-10(11)14)21(16,17)12-4-2-3-5-13(12)22(15,18)19/h2-8H,14H2,1H3,(H2,15,18,19). The number of anilines is 1. The van der Waals surface area contributed by atoms with Crippen LogP contribution in [0.4, 0.5) is 5.69 Å². The maximum Gasteiger partial charge on any atom is 0.239 e. The van der Waals surface area contributed by atoms with Gasteiger partial charge in [0.25, 0.3) is 0 Å². The summed E-state index contributed by atoms with van der Waals surface area (Å²) in [6.45, 7) is 0. The maximum atomic E-state index is 12.6. The number of primary sulfonamides is 1. The number of ether oxygens (including phenoxy) is 1. The molecule has 0 saturated carbocycles. The SMILES string of the molecule is COc1ccc(S(=O)(=O)c2ccccc2S(N)(=O)=O)cc1N. The van der Waals surface area contributed by atoms with E-state index in [9.17, 15) is 16.8 Å². The minimum Gasteiger partial charge on any atom is -0.495 e. The molecule has 0 unspecified atom stereocenters. The molecule has 0 aliphatic heterocycles. The number of nitrogens with two attached hydrogens (primary N) is 2. The number of benzene rings is 2. The van der Waals surface area contributed by atoms with Crippen molar-refractivity contribution in [1.82, 2.24) is 0 Å². The van der Waals surface area contributed by atoms with E-state index in [0.717, 1.165) is 6.07 Å². The van der Waals surface area contributed by atoms with Gasteiger partial charge in [-0.05, 0) is 30.3 Å². The molecule has 0 aliphatic rings. The van der Waals surface area contributed by atoms with E-state index in [1.807, 2.05) is 0 Å². The van der Waals surface area contributed by atoms with Gasteiger partial charge in [0.1, 0.15) is 10.6 Å². The number of sulfone groups is 1. The summed E-state index contributed by atoms with van der Waals surface area (Å²) in [7, 11) is -6.88. The van der Waals surface area contributed by atoms with Crippen molar-refractivity contribution in [2.24, 2.45) is 5.14 Å². The maximum absolute atomic E-state index is 12.6. The fourth-order valence-electron chi connectivity index (χ4n) is 1.91. The van der Waals surface area contributed by atoms with Crippen molar-refractivity contribution in [3.8, 4) is 5.75 Å². The van der Waals surface area contributed by atoms with E-state index in [-0.39, 0.29) is 10.6 Å². The van der Waals surface area contributed by atoms with Crippen LogP contribution < -0.4 is 15.6 Å². The van der Waals surface area contributed by atoms with Gasteiger partial charge in [0, 0.05) is 0 Å². The van der Waals surface area contributed by atoms with Gasteiger partial charge in [-0.1, -0.05) is 12.1 Å². The molecule has 22 heavy (non-hydrogen) atoms. The van der Waals surface area contributed by atoms with Crippen LogP contribution in [0.25, 0.3) is 0 Å². The first-order chi connectivity index (χ1) is 10.2. The van der Waals surface area contributed by atoms with Crippen LogP contribution in [0.3, 0.4) is 0 Å². The van der Waals surface area contributed by atoms with Crippen LogP contribution in [0.2, 0.25) is 0 Å². The van der Waals surface area contributed by atoms with Gasteiger partial charge in [-0.15, -0.1) is 0 Å². The molecule has 0 saturated heterocycles. The lowest BCUT2D eigenvalue weighted by Gasteiger charge is -2.11. The van der Waals surface area contributed by atoms with E-state index in [0.29, 0.717) is 5.75 Å². The molecule has 0 atom stereocenters. The highest BCUT2D eigenvalue weighted by Gasteiger charge is 2.26. The highest BCUT2D eigenvalue weighted by atomic mass is 32.2. The molecule has 2 aromatic carbocycles. The normalized spacial score (nSPS) is 12.1. The Labute approximate surface area is 128 Å². The van der Waals surface area contributed by atoms with Crippen molar-refractivity contribution in [2.45, 2.75) is 14.7 Å². The first-order valence-electron chi connectivity index (χ1n) is 5.98. The zero-order valence-electron chi connectivity index (χ0n) is 11.6. The van der Waals surface area contributed by atoms with Crippen LogP contribution in [-0.4, -0.2) is 23.9 Å². The van der Waals surface area contributed by atoms with Gasteiger partial charge < -0.3 is 10.5 Å². The Morgan fingerprint density at radius 3 is 2.05 bits per heavy atom. The van der Waals surface area contributed by atoms with E-state index in [2.05, 4.69) is 0 Å². The molecule has 0 amide bonds. The molecule has 0 heterocycles. The van der Waals surface area contributed by atoms with Crippen LogP contribution in [0.1, 0.15) is 0 Å². The monoisotopic (exact) mass is 342 g/mol. The molecule has 118 valence electrons. The molecule has 0 bridgehead atoms. The van der Waals surface area contributed by atoms with Gasteiger partial charge in [-0.3, -0.25) is 0 Å². The van der Waals surface area contributed by atoms with E-state index >= 15 is 0 Å². The average Bonchev–Trinajstić information content (AvgIpc) is 2.46. The summed E-state index contributed by atoms with van der Waals surface area (Å²) in [4.78, 5) is -1.02. The summed E-state index contributed by atoms with van der Waals surface area (Å²) >= 11 is 0. The highest BCUT2D eigenvalue weighted by molar-refractivity contribution is 7.93. The number of methoxy groups -OCH3 is 1. The Balaban J connectivity index is 2.69. The Morgan fingerprint density at radius 1 is 0.955 bits per heavy atom. The molecule has 0 spiro atoms. The summed E-state index contributed by atoms with van der Waals surface area (Å²) in [6, 6.07) is 8.99. The van der Waals surface area contributed by atoms with Gasteiger partial charge in [0.15, 0.2) is 0 Å². The smallest absolute Gasteiger partial charge is 0.239 e. The largest absolute Gasteiger partial charge is 0.495 e. The minimum absolute atomic E-state index is 0.122. The first-order valence-corrected chi connectivity index (χ1v) is 9.01. The van der Waals surface area contributed by atoms with Crippen molar-refractivity contribution in [2.75, 3.05) is 12.8 Å². The third-order valence-electron chi connectivity index (χ3n) is 2.96. The molecular weight excluding hydrogens is 328 g/mol. The summed E-state index contributed by atoms with van der Waals surface area (Å²) in [5, 5.41) is 5.07. The van der Waals surface area contributed by atoms with Crippen molar-refractivity contribution >= 4 is 25.5 Å². The Morgan fingerprint density at radius 2 is 1.55 bits per heavy atom. The average molecular weight is 342 g/mol. The van der Waals surface area contributed by atoms with Crippen molar-refractivity contribution in [1.29, 1.82) is 0 Å². The van der Waals surface area contributed by atoms with Crippen LogP contribution in [0.5, 0.6) is 5.75 Å². The number of sulfonamides is 1. The predicted octanol–water partition coefficient (Wildman–Crippen LogP) is 0.758. The third-order valence-corrected chi connectivity index (χ3v) is 5.86. The van der Waals surface area contributed by atoms with Crippen molar-refractivity contribution in [3.05, 3.63) is 42.5 Å². The highest BCUT2D eigenvalue weighted by Crippen LogP contribution is 2.30. The molecule has 4 N–H and O–H groups in total. The lowest BCUT2D eigenvalue weighted by Crippen LogP contribution is -2.17. The zero-order valence-corrected chi connectivity index (χ0v) is 13.2. The third kappa shape index (κ3) is 2.91. The van der Waals surface area contributed by atoms with E-state index in [1.54, 1.807) is 0 Å². The van der Waals surface area contributed by atoms with Crippen LogP contribution >= 0.6 is 0 Å². The van der Waals surface area contributed by atoms with Gasteiger partial charge in [-0.25, -0.2) is 22.0 Å². The first kappa shape index (κ1) is 16.3. The van der Waals surface area contributed by atoms with E-state index in [1.165, 1.54) is 43.5 Å². The second-order valence-corrected chi connectivity index (χ2v) is 7.85. The van der Waals surface area contributed by atoms with Gasteiger partial charge >= 0.3 is 0 Å². The molecule has 7 nitrogen and oxygen atoms in total. The van der Waals surface area contributed by atoms with Gasteiger partial charge in [0.2, 0.25) is 19.9 Å². The summed E-state index contributed by atoms with van der Waals surface area (Å²) < 4.78 is 53.4. The fourth-order valence-corrected chi connectivity index (χ4v) is 4.58. The lowest BCUT2D eigenvalue weighted by molar-refractivity contribution is 0.416. The molecule has 2 rings (SSSR count).